The molecule has 0 unspecified atom stereocenters. The third-order valence-electron chi connectivity index (χ3n) is 0.0625. The van der Waals surface area contributed by atoms with Crippen LogP contribution in [-0.4, -0.2) is 0 Å². The van der Waals surface area contributed by atoms with Crippen LogP contribution in [0.3, 0.4) is 0 Å². The highest BCUT2D eigenvalue weighted by Gasteiger charge is 1.34. The second-order valence-corrected chi connectivity index (χ2v) is 0.250. The van der Waals surface area contributed by atoms with E-state index in [1.54, 1.807) is 0 Å². The van der Waals surface area contributed by atoms with E-state index in [-0.39, 0.29) is 0 Å². The molecule has 0 nitrogen and oxygen atoms in total. The Balaban J connectivity index is 4.96. The van der Waals surface area contributed by atoms with Crippen LogP contribution >= 0.6 is 0 Å². The Morgan fingerprint density at radius 1 is 1.75 bits per heavy atom. The normalized spacial score (nSPS) is 50.0. The highest BCUT2D eigenvalue weighted by molar-refractivity contribution is 4.68. The summed E-state index contributed by atoms with van der Waals surface area (Å²) in [6.07, 6.45) is 0. The fraction of sp³-hybridized carbons (Fsp3) is 0.500. The predicted octanol–water partition coefficient (Wildman–Crippen LogP) is 1.58. The molecule has 0 radical (unpaired) electrons. The van der Waals surface area contributed by atoms with Crippen LogP contribution in [0.1, 0.15) is 24.7 Å². The van der Waals surface area contributed by atoms with Gasteiger partial charge in [0.2, 0.25) is 0 Å². The van der Waals surface area contributed by atoms with Crippen LogP contribution in [0.2, 0.25) is 0 Å². The third kappa shape index (κ3) is 1.74. The molecule has 4 heavy (non-hydrogen) atoms. The van der Waals surface area contributed by atoms with E-state index in [9.17, 15) is 0 Å². The van der Waals surface area contributed by atoms with Crippen molar-refractivity contribution >= 4 is 0 Å². The molecule has 0 bridgehead atoms. The molecule has 0 atom stereocenters. The lowest BCUT2D eigenvalue weighted by atomic mass is 10.6. The van der Waals surface area contributed by atoms with Crippen LogP contribution in [0, 0.1) is 0 Å². The summed E-state index contributed by atoms with van der Waals surface area (Å²) in [6.45, 7) is -5.63. The van der Waals surface area contributed by atoms with Gasteiger partial charge in [-0.25, -0.2) is 0 Å². The van der Waals surface area contributed by atoms with Crippen LogP contribution in [0.4, 0.5) is 0 Å². The van der Waals surface area contributed by atoms with Crippen LogP contribution in [-0.2, 0) is 0 Å². The van der Waals surface area contributed by atoms with Crippen molar-refractivity contribution in [1.29, 1.82) is 0 Å². The second-order valence-electron chi connectivity index (χ2n) is 0.250. The summed E-state index contributed by atoms with van der Waals surface area (Å²) in [5, 5.41) is 0. The maximum absolute atomic E-state index is 6.85. The van der Waals surface area contributed by atoms with Gasteiger partial charge >= 0.3 is 0 Å². The molecule has 0 heteroatoms. The average molecular weight is 64.2 g/mol. The molecular formula is C4H8. The Bertz CT molecular complexity index is 170. The second kappa shape index (κ2) is 2.74. The molecule has 0 aromatic carbocycles. The lowest BCUT2D eigenvalue weighted by Gasteiger charge is -1.49. The molecule has 0 spiro atoms. The minimum atomic E-state index is -2.81. The molecule has 0 aliphatic heterocycles. The Kier molecular flexibility index (Phi) is 0.167. The lowest BCUT2D eigenvalue weighted by Crippen LogP contribution is -1.26. The first kappa shape index (κ1) is 0.243. The van der Waals surface area contributed by atoms with E-state index in [1.807, 2.05) is 0 Å². The Labute approximate surface area is 38.4 Å². The van der Waals surface area contributed by atoms with Gasteiger partial charge < -0.3 is 0 Å². The van der Waals surface area contributed by atoms with Gasteiger partial charge in [-0.05, 0) is 13.7 Å². The molecule has 0 aromatic heterocycles. The first-order valence-electron chi connectivity index (χ1n) is 4.75. The summed E-state index contributed by atoms with van der Waals surface area (Å²) in [7, 11) is 0. The molecule has 0 rings (SSSR count). The van der Waals surface area contributed by atoms with Gasteiger partial charge in [-0.3, -0.25) is 0 Å². The van der Waals surface area contributed by atoms with Gasteiger partial charge in [0.15, 0.2) is 0 Å². The Morgan fingerprint density at radius 2 is 2.25 bits per heavy atom. The molecule has 0 aromatic rings. The number of hydrogen-bond donors (Lipinski definition) is 0. The summed E-state index contributed by atoms with van der Waals surface area (Å²) in [4.78, 5) is 0. The van der Waals surface area contributed by atoms with Crippen molar-refractivity contribution < 1.29 is 11.0 Å². The van der Waals surface area contributed by atoms with E-state index < -0.39 is 25.8 Å². The summed E-state index contributed by atoms with van der Waals surface area (Å²) in [6, 6.07) is -2.25. The van der Waals surface area contributed by atoms with E-state index in [2.05, 4.69) is 0 Å². The van der Waals surface area contributed by atoms with E-state index >= 15 is 0 Å². The van der Waals surface area contributed by atoms with Crippen molar-refractivity contribution in [3.63, 3.8) is 0 Å². The topological polar surface area (TPSA) is 0 Å². The first-order chi connectivity index (χ1) is 5.07. The third-order valence-corrected chi connectivity index (χ3v) is 0.0625. The molecule has 0 heterocycles. The largest absolute Gasteiger partial charge is 0.0919 e. The molecule has 0 aliphatic carbocycles. The van der Waals surface area contributed by atoms with Gasteiger partial charge in [-0.2, -0.15) is 0 Å². The SMILES string of the molecule is [2H]C(=C([2H])C([2H])([2H])[2H])C([2H])([2H])[2H]. The molecule has 24 valence electrons. The maximum atomic E-state index is 6.85. The first-order valence-corrected chi connectivity index (χ1v) is 0.750. The monoisotopic (exact) mass is 64.1 g/mol. The average Bonchev–Trinajstić information content (AvgIpc) is 1.80. The number of hydrogen-bond acceptors (Lipinski definition) is 0. The zero-order valence-corrected chi connectivity index (χ0v) is 2.00. The maximum Gasteiger partial charge on any atom is 0.0569 e. The summed E-state index contributed by atoms with van der Waals surface area (Å²) >= 11 is 0. The van der Waals surface area contributed by atoms with Crippen LogP contribution in [0.5, 0.6) is 0 Å². The van der Waals surface area contributed by atoms with E-state index in [0.717, 1.165) is 0 Å². The van der Waals surface area contributed by atoms with Crippen LogP contribution in [0.25, 0.3) is 0 Å². The van der Waals surface area contributed by atoms with Crippen LogP contribution < -0.4 is 0 Å². The van der Waals surface area contributed by atoms with Gasteiger partial charge in [0.1, 0.15) is 0 Å². The van der Waals surface area contributed by atoms with Crippen molar-refractivity contribution in [3.8, 4) is 0 Å². The van der Waals surface area contributed by atoms with Gasteiger partial charge in [0.05, 0.1) is 2.74 Å². The summed E-state index contributed by atoms with van der Waals surface area (Å²) in [5.41, 5.74) is 0. The fourth-order valence-corrected chi connectivity index (χ4v) is 0. The van der Waals surface area contributed by atoms with Gasteiger partial charge in [-0.15, -0.1) is 0 Å². The van der Waals surface area contributed by atoms with Crippen molar-refractivity contribution in [2.45, 2.75) is 13.7 Å². The predicted molar refractivity (Wildman–Crippen MR) is 20.5 cm³/mol. The number of rotatable bonds is 0. The molecular weight excluding hydrogens is 48.0 g/mol. The summed E-state index contributed by atoms with van der Waals surface area (Å²) in [5.74, 6) is 0. The Morgan fingerprint density at radius 3 is 2.50 bits per heavy atom. The number of allylic oxidation sites excluding steroid dienone is 2. The molecule has 0 aliphatic rings. The lowest BCUT2D eigenvalue weighted by molar-refractivity contribution is 1.64. The highest BCUT2D eigenvalue weighted by atomic mass is 13.4. The van der Waals surface area contributed by atoms with Gasteiger partial charge in [0, 0.05) is 8.22 Å². The highest BCUT2D eigenvalue weighted by Crippen LogP contribution is 1.57. The zero-order chi connectivity index (χ0) is 10.2. The summed E-state index contributed by atoms with van der Waals surface area (Å²) < 4.78 is 53.7. The van der Waals surface area contributed by atoms with Gasteiger partial charge in [0.25, 0.3) is 0 Å². The van der Waals surface area contributed by atoms with E-state index in [4.69, 9.17) is 11.0 Å². The molecule has 0 fully saturated rings. The van der Waals surface area contributed by atoms with Crippen molar-refractivity contribution in [1.82, 2.24) is 0 Å². The molecule has 0 amide bonds. The quantitative estimate of drug-likeness (QED) is 0.375. The molecule has 0 saturated carbocycles. The zero-order valence-electron chi connectivity index (χ0n) is 10.0. The van der Waals surface area contributed by atoms with E-state index in [0.29, 0.717) is 0 Å². The van der Waals surface area contributed by atoms with Crippen LogP contribution in [0.15, 0.2) is 12.1 Å². The van der Waals surface area contributed by atoms with Crippen molar-refractivity contribution in [3.05, 3.63) is 12.1 Å². The minimum Gasteiger partial charge on any atom is -0.0919 e. The molecule has 0 N–H and O–H groups in total. The standard InChI is InChI=1S/C4H8/c1-3-4-2/h3-4H,1-2H3/i1D3,2D3,3D,4D. The Hall–Kier alpha value is -0.260. The van der Waals surface area contributed by atoms with Crippen molar-refractivity contribution in [2.75, 3.05) is 0 Å². The van der Waals surface area contributed by atoms with Gasteiger partial charge in [-0.1, -0.05) is 12.1 Å². The van der Waals surface area contributed by atoms with Crippen molar-refractivity contribution in [2.24, 2.45) is 0 Å². The van der Waals surface area contributed by atoms with E-state index in [1.165, 1.54) is 0 Å². The minimum absolute atomic E-state index is 1.12. The fourth-order valence-electron chi connectivity index (χ4n) is 0. The smallest absolute Gasteiger partial charge is 0.0569 e. The molecule has 0 saturated heterocycles.